The minimum Gasteiger partial charge on any atom is -0.453 e. The van der Waals surface area contributed by atoms with E-state index in [1.54, 1.807) is 48.7 Å². The number of nitrogens with zero attached hydrogens (tertiary/aromatic N) is 1. The van der Waals surface area contributed by atoms with Gasteiger partial charge in [0.25, 0.3) is 0 Å². The molecule has 0 fully saturated rings. The smallest absolute Gasteiger partial charge is 0.412 e. The molecule has 31 heavy (non-hydrogen) atoms. The average Bonchev–Trinajstić information content (AvgIpc) is 2.79. The van der Waals surface area contributed by atoms with Crippen LogP contribution in [0.4, 0.5) is 16.2 Å². The van der Waals surface area contributed by atoms with E-state index in [2.05, 4.69) is 27.3 Å². The van der Waals surface area contributed by atoms with Crippen LogP contribution in [0.1, 0.15) is 48.5 Å². The predicted octanol–water partition coefficient (Wildman–Crippen LogP) is 5.14. The van der Waals surface area contributed by atoms with Crippen LogP contribution in [-0.2, 0) is 9.53 Å². The molecule has 0 spiro atoms. The van der Waals surface area contributed by atoms with Gasteiger partial charge in [0.15, 0.2) is 11.0 Å². The van der Waals surface area contributed by atoms with Crippen molar-refractivity contribution < 1.29 is 19.1 Å². The van der Waals surface area contributed by atoms with Crippen molar-refractivity contribution in [1.29, 1.82) is 0 Å². The Labute approximate surface area is 186 Å². The maximum Gasteiger partial charge on any atom is 0.412 e. The fraction of sp³-hybridized carbons (Fsp3) is 0.304. The number of carbonyl (C=O) groups is 3. The topological polar surface area (TPSA) is 96.9 Å². The van der Waals surface area contributed by atoms with Crippen molar-refractivity contribution >= 4 is 46.1 Å². The molecule has 2 amide bonds. The van der Waals surface area contributed by atoms with Crippen molar-refractivity contribution in [1.82, 2.24) is 5.32 Å². The van der Waals surface area contributed by atoms with Gasteiger partial charge in [0.05, 0.1) is 18.5 Å². The molecule has 0 saturated carbocycles. The third kappa shape index (κ3) is 7.57. The zero-order valence-corrected chi connectivity index (χ0v) is 18.8. The number of aliphatic imine (C=N–C) groups is 1. The zero-order chi connectivity index (χ0) is 22.6. The van der Waals surface area contributed by atoms with Crippen molar-refractivity contribution in [2.24, 2.45) is 4.99 Å². The van der Waals surface area contributed by atoms with Crippen LogP contribution >= 0.6 is 11.8 Å². The van der Waals surface area contributed by atoms with E-state index in [0.717, 1.165) is 19.3 Å². The van der Waals surface area contributed by atoms with Crippen LogP contribution < -0.4 is 10.6 Å². The number of rotatable bonds is 8. The highest BCUT2D eigenvalue weighted by Crippen LogP contribution is 2.29. The number of amidine groups is 1. The first kappa shape index (κ1) is 24.1. The number of unbranched alkanes of at least 4 members (excludes halogenated alkanes) is 2. The number of thioether (sulfide) groups is 1. The Kier molecular flexibility index (Phi) is 9.77. The summed E-state index contributed by atoms with van der Waals surface area (Å²) in [6.45, 7) is 2.07. The minimum absolute atomic E-state index is 0.126. The number of benzene rings is 2. The third-order valence-corrected chi connectivity index (χ3v) is 4.97. The van der Waals surface area contributed by atoms with Crippen molar-refractivity contribution in [2.75, 3.05) is 18.7 Å². The average molecular weight is 442 g/mol. The molecule has 0 radical (unpaired) electrons. The molecule has 2 rings (SSSR count). The van der Waals surface area contributed by atoms with Crippen LogP contribution in [-0.4, -0.2) is 36.3 Å². The molecule has 0 bridgehead atoms. The van der Waals surface area contributed by atoms with Crippen molar-refractivity contribution in [2.45, 2.75) is 32.6 Å². The number of alkyl carbamates (subject to hydrolysis) is 1. The fourth-order valence-electron chi connectivity index (χ4n) is 2.75. The lowest BCUT2D eigenvalue weighted by molar-refractivity contribution is -0.116. The summed E-state index contributed by atoms with van der Waals surface area (Å²) in [4.78, 5) is 41.2. The standard InChI is InChI=1S/C23H27N3O4S/c1-4-5-7-12-20(27)24-18-14-13-17(21(28)16-10-8-6-9-11-16)15-19(18)25-22(31-3)26-23(29)30-2/h6,8-11,13-15H,4-5,7,12H2,1-3H3,(H,24,27)(H,25,26,29). The van der Waals surface area contributed by atoms with Gasteiger partial charge in [-0.05, 0) is 30.9 Å². The van der Waals surface area contributed by atoms with Crippen molar-refractivity contribution in [3.05, 3.63) is 59.7 Å². The lowest BCUT2D eigenvalue weighted by Crippen LogP contribution is -2.27. The van der Waals surface area contributed by atoms with E-state index in [-0.39, 0.29) is 16.9 Å². The van der Waals surface area contributed by atoms with Gasteiger partial charge >= 0.3 is 6.09 Å². The molecule has 0 aliphatic rings. The Bertz CT molecular complexity index is 945. The molecule has 0 heterocycles. The monoisotopic (exact) mass is 441 g/mol. The van der Waals surface area contributed by atoms with Gasteiger partial charge < -0.3 is 10.1 Å². The van der Waals surface area contributed by atoms with E-state index in [1.807, 2.05) is 6.07 Å². The fourth-order valence-corrected chi connectivity index (χ4v) is 3.12. The Morgan fingerprint density at radius 2 is 1.77 bits per heavy atom. The molecule has 8 heteroatoms. The van der Waals surface area contributed by atoms with E-state index in [0.29, 0.717) is 28.9 Å². The number of ether oxygens (including phenoxy) is 1. The van der Waals surface area contributed by atoms with Gasteiger partial charge in [-0.3, -0.25) is 14.9 Å². The highest BCUT2D eigenvalue weighted by Gasteiger charge is 2.14. The number of hydrogen-bond donors (Lipinski definition) is 2. The summed E-state index contributed by atoms with van der Waals surface area (Å²) < 4.78 is 4.62. The summed E-state index contributed by atoms with van der Waals surface area (Å²) in [6.07, 6.45) is 4.28. The largest absolute Gasteiger partial charge is 0.453 e. The summed E-state index contributed by atoms with van der Waals surface area (Å²) in [5, 5.41) is 5.66. The molecule has 0 saturated heterocycles. The second kappa shape index (κ2) is 12.5. The van der Waals surface area contributed by atoms with Crippen molar-refractivity contribution in [3.63, 3.8) is 0 Å². The number of nitrogens with one attached hydrogen (secondary N) is 2. The minimum atomic E-state index is -0.658. The van der Waals surface area contributed by atoms with Gasteiger partial charge in [0.2, 0.25) is 5.91 Å². The van der Waals surface area contributed by atoms with E-state index >= 15 is 0 Å². The molecule has 0 unspecified atom stereocenters. The van der Waals surface area contributed by atoms with Crippen LogP contribution in [0.2, 0.25) is 0 Å². The summed E-state index contributed by atoms with van der Waals surface area (Å²) in [7, 11) is 1.26. The molecule has 2 aromatic carbocycles. The lowest BCUT2D eigenvalue weighted by atomic mass is 10.0. The van der Waals surface area contributed by atoms with Crippen LogP contribution in [0, 0.1) is 0 Å². The van der Waals surface area contributed by atoms with Crippen LogP contribution in [0.3, 0.4) is 0 Å². The predicted molar refractivity (Wildman–Crippen MR) is 125 cm³/mol. The normalized spacial score (nSPS) is 11.0. The molecule has 0 aliphatic carbocycles. The van der Waals surface area contributed by atoms with E-state index in [4.69, 9.17) is 0 Å². The molecule has 2 N–H and O–H groups in total. The first-order chi connectivity index (χ1) is 15.0. The van der Waals surface area contributed by atoms with E-state index in [9.17, 15) is 14.4 Å². The van der Waals surface area contributed by atoms with E-state index in [1.165, 1.54) is 18.9 Å². The quantitative estimate of drug-likeness (QED) is 0.256. The number of hydrogen-bond acceptors (Lipinski definition) is 6. The summed E-state index contributed by atoms with van der Waals surface area (Å²) >= 11 is 1.20. The molecular formula is C23H27N3O4S. The Morgan fingerprint density at radius 3 is 2.42 bits per heavy atom. The number of anilines is 1. The van der Waals surface area contributed by atoms with Gasteiger partial charge in [-0.1, -0.05) is 61.9 Å². The second-order valence-electron chi connectivity index (χ2n) is 6.67. The molecule has 0 aliphatic heterocycles. The van der Waals surface area contributed by atoms with Gasteiger partial charge in [0.1, 0.15) is 0 Å². The number of carbonyl (C=O) groups excluding carboxylic acids is 3. The molecular weight excluding hydrogens is 414 g/mol. The highest BCUT2D eigenvalue weighted by atomic mass is 32.2. The lowest BCUT2D eigenvalue weighted by Gasteiger charge is -2.12. The number of methoxy groups -OCH3 is 1. The Morgan fingerprint density at radius 1 is 1.03 bits per heavy atom. The Hall–Kier alpha value is -3.13. The third-order valence-electron chi connectivity index (χ3n) is 4.39. The summed E-state index contributed by atoms with van der Waals surface area (Å²) in [5.74, 6) is -0.289. The molecule has 164 valence electrons. The molecule has 2 aromatic rings. The van der Waals surface area contributed by atoms with Crippen LogP contribution in [0.5, 0.6) is 0 Å². The van der Waals surface area contributed by atoms with Gasteiger partial charge in [0, 0.05) is 17.5 Å². The Balaban J connectivity index is 2.38. The van der Waals surface area contributed by atoms with Gasteiger partial charge in [-0.25, -0.2) is 9.79 Å². The summed E-state index contributed by atoms with van der Waals surface area (Å²) in [5.41, 5.74) is 1.80. The summed E-state index contributed by atoms with van der Waals surface area (Å²) in [6, 6.07) is 13.8. The van der Waals surface area contributed by atoms with Gasteiger partial charge in [-0.2, -0.15) is 0 Å². The number of amides is 2. The second-order valence-corrected chi connectivity index (χ2v) is 7.46. The van der Waals surface area contributed by atoms with Gasteiger partial charge in [-0.15, -0.1) is 0 Å². The number of ketones is 1. The molecule has 0 atom stereocenters. The van der Waals surface area contributed by atoms with E-state index < -0.39 is 6.09 Å². The maximum atomic E-state index is 12.9. The highest BCUT2D eigenvalue weighted by molar-refractivity contribution is 8.13. The molecule has 0 aromatic heterocycles. The first-order valence-electron chi connectivity index (χ1n) is 9.99. The van der Waals surface area contributed by atoms with Crippen LogP contribution in [0.25, 0.3) is 0 Å². The first-order valence-corrected chi connectivity index (χ1v) is 11.2. The maximum absolute atomic E-state index is 12.9. The van der Waals surface area contributed by atoms with Crippen molar-refractivity contribution in [3.8, 4) is 0 Å². The SMILES string of the molecule is CCCCCC(=O)Nc1ccc(C(=O)c2ccccc2)cc1N=C(NC(=O)OC)SC. The molecule has 7 nitrogen and oxygen atoms in total. The zero-order valence-electron chi connectivity index (χ0n) is 17.9. The van der Waals surface area contributed by atoms with Crippen LogP contribution in [0.15, 0.2) is 53.5 Å².